The van der Waals surface area contributed by atoms with Crippen LogP contribution in [0.2, 0.25) is 5.02 Å². The molecule has 0 aromatic heterocycles. The second kappa shape index (κ2) is 9.69. The number of carboxylic acid groups (broad SMARTS) is 1. The van der Waals surface area contributed by atoms with Gasteiger partial charge in [0.2, 0.25) is 10.0 Å². The number of hydrogen-bond acceptors (Lipinski definition) is 4. The molecule has 2 unspecified atom stereocenters. The van der Waals surface area contributed by atoms with Gasteiger partial charge in [0.25, 0.3) is 0 Å². The van der Waals surface area contributed by atoms with E-state index in [2.05, 4.69) is 0 Å². The molecule has 1 aliphatic rings. The number of hydrogen-bond donors (Lipinski definition) is 1. The highest BCUT2D eigenvalue weighted by Crippen LogP contribution is 2.23. The first-order valence-electron chi connectivity index (χ1n) is 8.83. The Kier molecular flexibility index (Phi) is 7.88. The number of halogens is 1. The lowest BCUT2D eigenvalue weighted by atomic mass is 10.1. The quantitative estimate of drug-likeness (QED) is 0.649. The molecule has 0 radical (unpaired) electrons. The van der Waals surface area contributed by atoms with Crippen LogP contribution in [0.1, 0.15) is 37.7 Å². The van der Waals surface area contributed by atoms with Gasteiger partial charge in [0.1, 0.15) is 0 Å². The molecule has 8 heteroatoms. The largest absolute Gasteiger partial charge is 0.479 e. The molecule has 2 rings (SSSR count). The fourth-order valence-corrected chi connectivity index (χ4v) is 4.32. The molecule has 2 atom stereocenters. The summed E-state index contributed by atoms with van der Waals surface area (Å²) in [6.07, 6.45) is 4.45. The van der Waals surface area contributed by atoms with E-state index in [9.17, 15) is 13.2 Å². The number of sulfonamides is 1. The van der Waals surface area contributed by atoms with Gasteiger partial charge in [-0.3, -0.25) is 0 Å². The van der Waals surface area contributed by atoms with Crippen LogP contribution in [0, 0.1) is 0 Å². The summed E-state index contributed by atoms with van der Waals surface area (Å²) in [7, 11) is -3.28. The van der Waals surface area contributed by atoms with Gasteiger partial charge in [0, 0.05) is 18.1 Å². The molecule has 0 saturated carbocycles. The molecule has 1 heterocycles. The van der Waals surface area contributed by atoms with Crippen molar-refractivity contribution in [3.05, 3.63) is 34.9 Å². The normalized spacial score (nSPS) is 20.6. The highest BCUT2D eigenvalue weighted by molar-refractivity contribution is 7.88. The van der Waals surface area contributed by atoms with E-state index in [1.165, 1.54) is 10.6 Å². The minimum atomic E-state index is -3.28. The van der Waals surface area contributed by atoms with Crippen molar-refractivity contribution in [1.29, 1.82) is 0 Å². The van der Waals surface area contributed by atoms with Crippen LogP contribution in [0.3, 0.4) is 0 Å². The summed E-state index contributed by atoms with van der Waals surface area (Å²) < 4.78 is 30.9. The lowest BCUT2D eigenvalue weighted by Crippen LogP contribution is -2.32. The Labute approximate surface area is 160 Å². The Balaban J connectivity index is 1.76. The molecule has 146 valence electrons. The number of nitrogens with zero attached hydrogens (tertiary/aromatic N) is 1. The number of aryl methyl sites for hydroxylation is 1. The number of carboxylic acids is 1. The van der Waals surface area contributed by atoms with Gasteiger partial charge < -0.3 is 9.84 Å². The number of ether oxygens (including phenoxy) is 1. The van der Waals surface area contributed by atoms with Gasteiger partial charge in [-0.05, 0) is 56.2 Å². The molecule has 1 saturated heterocycles. The molecule has 0 bridgehead atoms. The van der Waals surface area contributed by atoms with Crippen molar-refractivity contribution in [2.75, 3.05) is 19.3 Å². The fraction of sp³-hybridized carbons (Fsp3) is 0.611. The van der Waals surface area contributed by atoms with Gasteiger partial charge in [-0.2, -0.15) is 0 Å². The van der Waals surface area contributed by atoms with Crippen molar-refractivity contribution in [2.24, 2.45) is 0 Å². The molecule has 0 aliphatic carbocycles. The van der Waals surface area contributed by atoms with Gasteiger partial charge >= 0.3 is 5.97 Å². The van der Waals surface area contributed by atoms with E-state index in [0.717, 1.165) is 12.0 Å². The van der Waals surface area contributed by atoms with E-state index in [1.54, 1.807) is 0 Å². The Morgan fingerprint density at radius 2 is 2.04 bits per heavy atom. The van der Waals surface area contributed by atoms with Crippen LogP contribution in [0.15, 0.2) is 24.3 Å². The van der Waals surface area contributed by atoms with Crippen LogP contribution >= 0.6 is 11.6 Å². The average Bonchev–Trinajstić information content (AvgIpc) is 3.02. The number of carbonyl (C=O) groups is 1. The zero-order chi connectivity index (χ0) is 19.2. The predicted molar refractivity (Wildman–Crippen MR) is 101 cm³/mol. The summed E-state index contributed by atoms with van der Waals surface area (Å²) in [5, 5.41) is 9.62. The molecule has 26 heavy (non-hydrogen) atoms. The van der Waals surface area contributed by atoms with Crippen molar-refractivity contribution in [3.8, 4) is 0 Å². The van der Waals surface area contributed by atoms with Gasteiger partial charge in [-0.15, -0.1) is 0 Å². The smallest absolute Gasteiger partial charge is 0.332 e. The van der Waals surface area contributed by atoms with Crippen molar-refractivity contribution >= 4 is 27.6 Å². The van der Waals surface area contributed by atoms with E-state index < -0.39 is 22.1 Å². The van der Waals surface area contributed by atoms with Gasteiger partial charge in [-0.1, -0.05) is 23.7 Å². The molecule has 6 nitrogen and oxygen atoms in total. The standard InChI is InChI=1S/C18H26ClNO5S/c1-26(23,24)20(11-3-6-14-5-2-7-15(19)13-14)12-4-8-16-9-10-17(25-16)18(21)22/h2,5,7,13,16-17H,3-4,6,8-12H2,1H3,(H,21,22). The van der Waals surface area contributed by atoms with E-state index in [0.29, 0.717) is 50.2 Å². The highest BCUT2D eigenvalue weighted by atomic mass is 35.5. The molecular weight excluding hydrogens is 378 g/mol. The average molecular weight is 404 g/mol. The highest BCUT2D eigenvalue weighted by Gasteiger charge is 2.30. The summed E-state index contributed by atoms with van der Waals surface area (Å²) in [5.41, 5.74) is 1.09. The first-order chi connectivity index (χ1) is 12.3. The van der Waals surface area contributed by atoms with Crippen molar-refractivity contribution in [1.82, 2.24) is 4.31 Å². The zero-order valence-corrected chi connectivity index (χ0v) is 16.5. The van der Waals surface area contributed by atoms with Gasteiger partial charge in [0.15, 0.2) is 6.10 Å². The first kappa shape index (κ1) is 21.2. The molecule has 1 aliphatic heterocycles. The first-order valence-corrected chi connectivity index (χ1v) is 11.1. The molecule has 0 spiro atoms. The van der Waals surface area contributed by atoms with Crippen LogP contribution in [-0.4, -0.2) is 55.4 Å². The maximum atomic E-state index is 12.0. The van der Waals surface area contributed by atoms with Crippen LogP contribution < -0.4 is 0 Å². The lowest BCUT2D eigenvalue weighted by Gasteiger charge is -2.21. The van der Waals surface area contributed by atoms with E-state index >= 15 is 0 Å². The SMILES string of the molecule is CS(=O)(=O)N(CCCc1cccc(Cl)c1)CCCC1CCC(C(=O)O)O1. The number of benzene rings is 1. The zero-order valence-electron chi connectivity index (χ0n) is 14.9. The van der Waals surface area contributed by atoms with Crippen LogP contribution in [0.4, 0.5) is 0 Å². The third-order valence-electron chi connectivity index (χ3n) is 4.55. The van der Waals surface area contributed by atoms with Gasteiger partial charge in [0.05, 0.1) is 12.4 Å². The molecule has 0 amide bonds. The Morgan fingerprint density at radius 1 is 1.31 bits per heavy atom. The predicted octanol–water partition coefficient (Wildman–Crippen LogP) is 2.95. The molecular formula is C18H26ClNO5S. The molecule has 1 N–H and O–H groups in total. The maximum absolute atomic E-state index is 12.0. The van der Waals surface area contributed by atoms with Crippen molar-refractivity contribution in [3.63, 3.8) is 0 Å². The summed E-state index contributed by atoms with van der Waals surface area (Å²) >= 11 is 5.96. The van der Waals surface area contributed by atoms with Crippen molar-refractivity contribution < 1.29 is 23.1 Å². The lowest BCUT2D eigenvalue weighted by molar-refractivity contribution is -0.149. The molecule has 1 fully saturated rings. The second-order valence-electron chi connectivity index (χ2n) is 6.70. The summed E-state index contributed by atoms with van der Waals surface area (Å²) in [6, 6.07) is 7.57. The Bertz CT molecular complexity index is 709. The van der Waals surface area contributed by atoms with Crippen LogP contribution in [0.25, 0.3) is 0 Å². The Hall–Kier alpha value is -1.15. The van der Waals surface area contributed by atoms with Crippen molar-refractivity contribution in [2.45, 2.75) is 50.7 Å². The number of aliphatic carboxylic acids is 1. The minimum absolute atomic E-state index is 0.0935. The second-order valence-corrected chi connectivity index (χ2v) is 9.12. The summed E-state index contributed by atoms with van der Waals surface area (Å²) in [5.74, 6) is -0.925. The number of rotatable bonds is 10. The van der Waals surface area contributed by atoms with E-state index in [4.69, 9.17) is 21.4 Å². The topological polar surface area (TPSA) is 83.9 Å². The van der Waals surface area contributed by atoms with Crippen LogP contribution in [0.5, 0.6) is 0 Å². The van der Waals surface area contributed by atoms with E-state index in [1.807, 2.05) is 24.3 Å². The fourth-order valence-electron chi connectivity index (χ4n) is 3.19. The van der Waals surface area contributed by atoms with E-state index in [-0.39, 0.29) is 6.10 Å². The molecule has 1 aromatic carbocycles. The third kappa shape index (κ3) is 6.87. The molecule has 1 aromatic rings. The van der Waals surface area contributed by atoms with Crippen LogP contribution in [-0.2, 0) is 26.0 Å². The minimum Gasteiger partial charge on any atom is -0.479 e. The summed E-state index contributed by atoms with van der Waals surface area (Å²) in [4.78, 5) is 10.9. The third-order valence-corrected chi connectivity index (χ3v) is 6.09. The Morgan fingerprint density at radius 3 is 2.65 bits per heavy atom. The summed E-state index contributed by atoms with van der Waals surface area (Å²) in [6.45, 7) is 0.876. The monoisotopic (exact) mass is 403 g/mol. The maximum Gasteiger partial charge on any atom is 0.332 e. The van der Waals surface area contributed by atoms with Gasteiger partial charge in [-0.25, -0.2) is 17.5 Å².